The van der Waals surface area contributed by atoms with Crippen molar-refractivity contribution < 1.29 is 14.3 Å². The summed E-state index contributed by atoms with van der Waals surface area (Å²) in [5.41, 5.74) is 1.17. The Morgan fingerprint density at radius 1 is 1.09 bits per heavy atom. The molecule has 2 saturated heterocycles. The van der Waals surface area contributed by atoms with Crippen LogP contribution in [-0.2, 0) is 9.47 Å². The van der Waals surface area contributed by atoms with Gasteiger partial charge in [0.1, 0.15) is 0 Å². The molecule has 2 aliphatic rings. The maximum absolute atomic E-state index is 12.9. The van der Waals surface area contributed by atoms with E-state index in [-0.39, 0.29) is 18.1 Å². The highest BCUT2D eigenvalue weighted by Crippen LogP contribution is 2.19. The molecule has 0 spiro atoms. The summed E-state index contributed by atoms with van der Waals surface area (Å²) >= 11 is 0. The molecule has 0 unspecified atom stereocenters. The molecule has 122 valence electrons. The van der Waals surface area contributed by atoms with Crippen LogP contribution in [0.25, 0.3) is 0 Å². The summed E-state index contributed by atoms with van der Waals surface area (Å²) in [4.78, 5) is 14.7. The van der Waals surface area contributed by atoms with Gasteiger partial charge in [0.05, 0.1) is 23.8 Å². The number of amides is 1. The van der Waals surface area contributed by atoms with Crippen molar-refractivity contribution in [3.05, 3.63) is 35.4 Å². The Balaban J connectivity index is 1.71. The van der Waals surface area contributed by atoms with E-state index in [1.807, 2.05) is 4.90 Å². The lowest BCUT2D eigenvalue weighted by atomic mass is 10.1. The largest absolute Gasteiger partial charge is 0.376 e. The highest BCUT2D eigenvalue weighted by molar-refractivity contribution is 5.94. The van der Waals surface area contributed by atoms with E-state index in [0.29, 0.717) is 24.2 Å². The second-order valence-corrected chi connectivity index (χ2v) is 6.17. The first-order valence-corrected chi connectivity index (χ1v) is 8.29. The van der Waals surface area contributed by atoms with Crippen molar-refractivity contribution in [1.82, 2.24) is 4.90 Å². The molecule has 2 fully saturated rings. The second-order valence-electron chi connectivity index (χ2n) is 6.17. The van der Waals surface area contributed by atoms with Crippen LogP contribution in [0.4, 0.5) is 0 Å². The molecule has 1 amide bonds. The van der Waals surface area contributed by atoms with Crippen molar-refractivity contribution in [3.63, 3.8) is 0 Å². The lowest BCUT2D eigenvalue weighted by Gasteiger charge is -2.28. The SMILES string of the molecule is N#Cc1ccc(C(=O)N(C[C@H]2CCCO2)C[C@@H]2CCCO2)cc1. The first kappa shape index (κ1) is 16.0. The molecule has 0 saturated carbocycles. The summed E-state index contributed by atoms with van der Waals surface area (Å²) in [6, 6.07) is 8.89. The monoisotopic (exact) mass is 314 g/mol. The molecule has 1 aromatic rings. The van der Waals surface area contributed by atoms with Gasteiger partial charge < -0.3 is 14.4 Å². The summed E-state index contributed by atoms with van der Waals surface area (Å²) < 4.78 is 11.4. The molecule has 2 atom stereocenters. The highest BCUT2D eigenvalue weighted by Gasteiger charge is 2.27. The quantitative estimate of drug-likeness (QED) is 0.837. The molecule has 5 heteroatoms. The fourth-order valence-corrected chi connectivity index (χ4v) is 3.18. The average molecular weight is 314 g/mol. The highest BCUT2D eigenvalue weighted by atomic mass is 16.5. The maximum atomic E-state index is 12.9. The molecular weight excluding hydrogens is 292 g/mol. The Morgan fingerprint density at radius 2 is 1.65 bits per heavy atom. The lowest BCUT2D eigenvalue weighted by Crippen LogP contribution is -2.42. The van der Waals surface area contributed by atoms with Crippen molar-refractivity contribution in [1.29, 1.82) is 5.26 Å². The van der Waals surface area contributed by atoms with Crippen molar-refractivity contribution in [2.45, 2.75) is 37.9 Å². The molecule has 0 N–H and O–H groups in total. The summed E-state index contributed by atoms with van der Waals surface area (Å²) in [7, 11) is 0. The van der Waals surface area contributed by atoms with Crippen LogP contribution in [0.1, 0.15) is 41.6 Å². The molecule has 2 heterocycles. The smallest absolute Gasteiger partial charge is 0.254 e. The molecule has 5 nitrogen and oxygen atoms in total. The van der Waals surface area contributed by atoms with Gasteiger partial charge in [-0.05, 0) is 49.9 Å². The van der Waals surface area contributed by atoms with E-state index in [1.165, 1.54) is 0 Å². The van der Waals surface area contributed by atoms with Gasteiger partial charge in [0.15, 0.2) is 0 Å². The number of ether oxygens (including phenoxy) is 2. The van der Waals surface area contributed by atoms with E-state index in [9.17, 15) is 4.79 Å². The Morgan fingerprint density at radius 3 is 2.09 bits per heavy atom. The zero-order valence-corrected chi connectivity index (χ0v) is 13.2. The maximum Gasteiger partial charge on any atom is 0.254 e. The number of nitrogens with zero attached hydrogens (tertiary/aromatic N) is 2. The standard InChI is InChI=1S/C18H22N2O3/c19-11-14-5-7-15(8-6-14)18(21)20(12-16-3-1-9-22-16)13-17-4-2-10-23-17/h5-8,16-17H,1-4,9-10,12-13H2/t16-,17+. The van der Waals surface area contributed by atoms with E-state index in [2.05, 4.69) is 6.07 Å². The normalized spacial score (nSPS) is 23.6. The molecule has 0 aliphatic carbocycles. The van der Waals surface area contributed by atoms with Crippen LogP contribution >= 0.6 is 0 Å². The van der Waals surface area contributed by atoms with Crippen LogP contribution in [0.15, 0.2) is 24.3 Å². The van der Waals surface area contributed by atoms with Gasteiger partial charge in [0.25, 0.3) is 5.91 Å². The van der Waals surface area contributed by atoms with E-state index in [1.54, 1.807) is 24.3 Å². The Hall–Kier alpha value is -1.90. The van der Waals surface area contributed by atoms with Gasteiger partial charge >= 0.3 is 0 Å². The second kappa shape index (κ2) is 7.58. The van der Waals surface area contributed by atoms with Crippen LogP contribution in [0, 0.1) is 11.3 Å². The van der Waals surface area contributed by atoms with E-state index in [0.717, 1.165) is 38.9 Å². The Labute approximate surface area is 136 Å². The van der Waals surface area contributed by atoms with Gasteiger partial charge in [-0.15, -0.1) is 0 Å². The summed E-state index contributed by atoms with van der Waals surface area (Å²) in [5.74, 6) is -0.0134. The first-order valence-electron chi connectivity index (χ1n) is 8.29. The number of carbonyl (C=O) groups excluding carboxylic acids is 1. The van der Waals surface area contributed by atoms with Crippen molar-refractivity contribution in [3.8, 4) is 6.07 Å². The molecule has 3 rings (SSSR count). The van der Waals surface area contributed by atoms with E-state index < -0.39 is 0 Å². The van der Waals surface area contributed by atoms with Crippen LogP contribution in [0.2, 0.25) is 0 Å². The zero-order valence-electron chi connectivity index (χ0n) is 13.2. The first-order chi connectivity index (χ1) is 11.3. The van der Waals surface area contributed by atoms with Gasteiger partial charge in [-0.25, -0.2) is 0 Å². The Kier molecular flexibility index (Phi) is 5.27. The third-order valence-electron chi connectivity index (χ3n) is 4.44. The topological polar surface area (TPSA) is 62.6 Å². The zero-order chi connectivity index (χ0) is 16.1. The van der Waals surface area contributed by atoms with Gasteiger partial charge in [-0.1, -0.05) is 0 Å². The van der Waals surface area contributed by atoms with Crippen molar-refractivity contribution in [2.24, 2.45) is 0 Å². The lowest BCUT2D eigenvalue weighted by molar-refractivity contribution is 0.0307. The fraction of sp³-hybridized carbons (Fsp3) is 0.556. The minimum absolute atomic E-state index is 0.0134. The van der Waals surface area contributed by atoms with E-state index in [4.69, 9.17) is 14.7 Å². The van der Waals surface area contributed by atoms with Crippen LogP contribution < -0.4 is 0 Å². The predicted octanol–water partition coefficient (Wildman–Crippen LogP) is 2.36. The summed E-state index contributed by atoms with van der Waals surface area (Å²) in [6.45, 7) is 2.78. The molecule has 2 aliphatic heterocycles. The Bertz CT molecular complexity index is 549. The van der Waals surface area contributed by atoms with E-state index >= 15 is 0 Å². The van der Waals surface area contributed by atoms with Crippen LogP contribution in [-0.4, -0.2) is 49.3 Å². The molecular formula is C18H22N2O3. The summed E-state index contributed by atoms with van der Waals surface area (Å²) in [6.07, 6.45) is 4.37. The van der Waals surface area contributed by atoms with Crippen molar-refractivity contribution in [2.75, 3.05) is 26.3 Å². The van der Waals surface area contributed by atoms with Gasteiger partial charge in [0.2, 0.25) is 0 Å². The van der Waals surface area contributed by atoms with Gasteiger partial charge in [-0.3, -0.25) is 4.79 Å². The number of rotatable bonds is 5. The third-order valence-corrected chi connectivity index (χ3v) is 4.44. The molecule has 0 aromatic heterocycles. The van der Waals surface area contributed by atoms with Crippen LogP contribution in [0.5, 0.6) is 0 Å². The number of hydrogen-bond donors (Lipinski definition) is 0. The number of hydrogen-bond acceptors (Lipinski definition) is 4. The molecule has 0 radical (unpaired) electrons. The predicted molar refractivity (Wildman–Crippen MR) is 85.0 cm³/mol. The van der Waals surface area contributed by atoms with Crippen LogP contribution in [0.3, 0.4) is 0 Å². The third kappa shape index (κ3) is 4.10. The number of benzene rings is 1. The number of nitriles is 1. The molecule has 1 aromatic carbocycles. The minimum atomic E-state index is -0.0134. The van der Waals surface area contributed by atoms with Gasteiger partial charge in [-0.2, -0.15) is 5.26 Å². The van der Waals surface area contributed by atoms with Gasteiger partial charge in [0, 0.05) is 31.9 Å². The van der Waals surface area contributed by atoms with Crippen molar-refractivity contribution >= 4 is 5.91 Å². The fourth-order valence-electron chi connectivity index (χ4n) is 3.18. The number of carbonyl (C=O) groups is 1. The molecule has 0 bridgehead atoms. The minimum Gasteiger partial charge on any atom is -0.376 e. The average Bonchev–Trinajstić information content (AvgIpc) is 3.27. The summed E-state index contributed by atoms with van der Waals surface area (Å²) in [5, 5.41) is 8.88. The molecule has 23 heavy (non-hydrogen) atoms.